The van der Waals surface area contributed by atoms with Crippen LogP contribution < -0.4 is 5.73 Å². The van der Waals surface area contributed by atoms with Gasteiger partial charge in [0.05, 0.1) is 5.69 Å². The summed E-state index contributed by atoms with van der Waals surface area (Å²) >= 11 is 1.55. The van der Waals surface area contributed by atoms with Crippen LogP contribution in [0, 0.1) is 0 Å². The molecular formula is C14H16N4S. The Kier molecular flexibility index (Phi) is 2.98. The van der Waals surface area contributed by atoms with Crippen LogP contribution in [0.3, 0.4) is 0 Å². The molecule has 0 aliphatic rings. The molecule has 0 amide bonds. The predicted molar refractivity (Wildman–Crippen MR) is 79.4 cm³/mol. The maximum absolute atomic E-state index is 5.63. The van der Waals surface area contributed by atoms with Gasteiger partial charge >= 0.3 is 0 Å². The van der Waals surface area contributed by atoms with Crippen LogP contribution in [0.15, 0.2) is 29.6 Å². The SMILES string of the molecule is CCC(C)c1ccc(-c2csc3nc(N)nn23)cc1. The first-order valence-corrected chi connectivity index (χ1v) is 7.27. The lowest BCUT2D eigenvalue weighted by Crippen LogP contribution is -1.93. The zero-order chi connectivity index (χ0) is 13.4. The van der Waals surface area contributed by atoms with Gasteiger partial charge in [0, 0.05) is 10.9 Å². The largest absolute Gasteiger partial charge is 0.366 e. The second kappa shape index (κ2) is 4.66. The minimum Gasteiger partial charge on any atom is -0.366 e. The first-order chi connectivity index (χ1) is 9.19. The van der Waals surface area contributed by atoms with Gasteiger partial charge in [-0.25, -0.2) is 4.52 Å². The summed E-state index contributed by atoms with van der Waals surface area (Å²) in [7, 11) is 0. The van der Waals surface area contributed by atoms with Gasteiger partial charge in [-0.3, -0.25) is 0 Å². The Bertz CT molecular complexity index is 696. The van der Waals surface area contributed by atoms with E-state index in [-0.39, 0.29) is 0 Å². The first kappa shape index (κ1) is 12.2. The summed E-state index contributed by atoms with van der Waals surface area (Å²) in [6.07, 6.45) is 1.15. The highest BCUT2D eigenvalue weighted by atomic mass is 32.1. The van der Waals surface area contributed by atoms with Gasteiger partial charge in [0.2, 0.25) is 10.9 Å². The number of thiazole rings is 1. The van der Waals surface area contributed by atoms with Crippen molar-refractivity contribution in [3.63, 3.8) is 0 Å². The second-order valence-electron chi connectivity index (χ2n) is 4.72. The third-order valence-electron chi connectivity index (χ3n) is 3.49. The molecule has 0 radical (unpaired) electrons. The Labute approximate surface area is 115 Å². The highest BCUT2D eigenvalue weighted by Crippen LogP contribution is 2.27. The maximum Gasteiger partial charge on any atom is 0.241 e. The molecule has 2 aromatic heterocycles. The van der Waals surface area contributed by atoms with Crippen molar-refractivity contribution in [3.05, 3.63) is 35.2 Å². The highest BCUT2D eigenvalue weighted by molar-refractivity contribution is 7.15. The average Bonchev–Trinajstić information content (AvgIpc) is 2.97. The van der Waals surface area contributed by atoms with Crippen LogP contribution >= 0.6 is 11.3 Å². The number of nitrogen functional groups attached to an aromatic ring is 1. The Morgan fingerprint density at radius 2 is 2.05 bits per heavy atom. The van der Waals surface area contributed by atoms with E-state index < -0.39 is 0 Å². The lowest BCUT2D eigenvalue weighted by Gasteiger charge is -2.09. The molecule has 2 N–H and O–H groups in total. The van der Waals surface area contributed by atoms with Gasteiger partial charge in [-0.2, -0.15) is 4.98 Å². The van der Waals surface area contributed by atoms with Gasteiger partial charge in [-0.15, -0.1) is 16.4 Å². The summed E-state index contributed by atoms with van der Waals surface area (Å²) in [5, 5.41) is 6.28. The van der Waals surface area contributed by atoms with Crippen molar-refractivity contribution < 1.29 is 0 Å². The average molecular weight is 272 g/mol. The van der Waals surface area contributed by atoms with Gasteiger partial charge in [0.25, 0.3) is 0 Å². The molecule has 0 aliphatic heterocycles. The predicted octanol–water partition coefficient (Wildman–Crippen LogP) is 3.55. The Balaban J connectivity index is 2.02. The van der Waals surface area contributed by atoms with Crippen molar-refractivity contribution in [1.29, 1.82) is 0 Å². The molecule has 1 unspecified atom stereocenters. The summed E-state index contributed by atoms with van der Waals surface area (Å²) in [5.74, 6) is 0.919. The van der Waals surface area contributed by atoms with E-state index in [9.17, 15) is 0 Å². The van der Waals surface area contributed by atoms with Crippen molar-refractivity contribution in [2.45, 2.75) is 26.2 Å². The summed E-state index contributed by atoms with van der Waals surface area (Å²) < 4.78 is 1.80. The highest BCUT2D eigenvalue weighted by Gasteiger charge is 2.10. The number of benzene rings is 1. The molecule has 0 saturated carbocycles. The molecule has 1 atom stereocenters. The van der Waals surface area contributed by atoms with Gasteiger partial charge in [0.1, 0.15) is 0 Å². The fraction of sp³-hybridized carbons (Fsp3) is 0.286. The minimum atomic E-state index is 0.323. The number of hydrogen-bond acceptors (Lipinski definition) is 4. The smallest absolute Gasteiger partial charge is 0.241 e. The lowest BCUT2D eigenvalue weighted by molar-refractivity contribution is 0.734. The molecule has 1 aromatic carbocycles. The molecule has 19 heavy (non-hydrogen) atoms. The third kappa shape index (κ3) is 2.10. The van der Waals surface area contributed by atoms with Crippen molar-refractivity contribution in [2.24, 2.45) is 0 Å². The van der Waals surface area contributed by atoms with Crippen LogP contribution in [0.1, 0.15) is 31.7 Å². The molecule has 0 saturated heterocycles. The van der Waals surface area contributed by atoms with E-state index in [0.29, 0.717) is 11.9 Å². The van der Waals surface area contributed by atoms with Crippen LogP contribution in [0.5, 0.6) is 0 Å². The van der Waals surface area contributed by atoms with E-state index in [2.05, 4.69) is 53.6 Å². The standard InChI is InChI=1S/C14H16N4S/c1-3-9(2)10-4-6-11(7-5-10)12-8-19-14-16-13(15)17-18(12)14/h4-9H,3H2,1-2H3,(H2,15,17). The van der Waals surface area contributed by atoms with Gasteiger partial charge in [-0.05, 0) is 17.9 Å². The van der Waals surface area contributed by atoms with E-state index in [0.717, 1.165) is 22.6 Å². The molecule has 4 nitrogen and oxygen atoms in total. The number of fused-ring (bicyclic) bond motifs is 1. The number of anilines is 1. The lowest BCUT2D eigenvalue weighted by atomic mass is 9.97. The third-order valence-corrected chi connectivity index (χ3v) is 4.30. The number of hydrogen-bond donors (Lipinski definition) is 1. The van der Waals surface area contributed by atoms with Crippen molar-refractivity contribution in [3.8, 4) is 11.3 Å². The number of nitrogens with zero attached hydrogens (tertiary/aromatic N) is 3. The molecule has 0 spiro atoms. The normalized spacial score (nSPS) is 12.9. The summed E-state index contributed by atoms with van der Waals surface area (Å²) in [6, 6.07) is 8.66. The molecule has 3 rings (SSSR count). The zero-order valence-corrected chi connectivity index (χ0v) is 11.8. The molecule has 2 heterocycles. The fourth-order valence-electron chi connectivity index (χ4n) is 2.11. The first-order valence-electron chi connectivity index (χ1n) is 6.39. The van der Waals surface area contributed by atoms with Crippen LogP contribution in [0.2, 0.25) is 0 Å². The van der Waals surface area contributed by atoms with Crippen LogP contribution in [0.25, 0.3) is 16.2 Å². The van der Waals surface area contributed by atoms with E-state index in [4.69, 9.17) is 5.73 Å². The van der Waals surface area contributed by atoms with Crippen molar-refractivity contribution >= 4 is 22.2 Å². The number of aromatic nitrogens is 3. The number of rotatable bonds is 3. The molecule has 3 aromatic rings. The molecule has 0 fully saturated rings. The monoisotopic (exact) mass is 272 g/mol. The van der Waals surface area contributed by atoms with Crippen LogP contribution in [-0.2, 0) is 0 Å². The van der Waals surface area contributed by atoms with Crippen molar-refractivity contribution in [1.82, 2.24) is 14.6 Å². The Hall–Kier alpha value is -1.88. The molecule has 98 valence electrons. The summed E-state index contributed by atoms with van der Waals surface area (Å²) in [4.78, 5) is 5.00. The molecule has 0 aliphatic carbocycles. The Morgan fingerprint density at radius 3 is 2.74 bits per heavy atom. The maximum atomic E-state index is 5.63. The van der Waals surface area contributed by atoms with E-state index >= 15 is 0 Å². The quantitative estimate of drug-likeness (QED) is 0.793. The Morgan fingerprint density at radius 1 is 1.32 bits per heavy atom. The van der Waals surface area contributed by atoms with Crippen molar-refractivity contribution in [2.75, 3.05) is 5.73 Å². The van der Waals surface area contributed by atoms with E-state index in [1.54, 1.807) is 15.9 Å². The van der Waals surface area contributed by atoms with Gasteiger partial charge in [0.15, 0.2) is 0 Å². The fourth-order valence-corrected chi connectivity index (χ4v) is 2.95. The van der Waals surface area contributed by atoms with Crippen LogP contribution in [-0.4, -0.2) is 14.6 Å². The minimum absolute atomic E-state index is 0.323. The van der Waals surface area contributed by atoms with E-state index in [1.165, 1.54) is 5.56 Å². The number of nitrogens with two attached hydrogens (primary N) is 1. The van der Waals surface area contributed by atoms with Gasteiger partial charge in [-0.1, -0.05) is 38.1 Å². The van der Waals surface area contributed by atoms with E-state index in [1.807, 2.05) is 0 Å². The summed E-state index contributed by atoms with van der Waals surface area (Å²) in [5.41, 5.74) is 9.18. The summed E-state index contributed by atoms with van der Waals surface area (Å²) in [6.45, 7) is 4.45. The topological polar surface area (TPSA) is 56.2 Å². The van der Waals surface area contributed by atoms with Crippen LogP contribution in [0.4, 0.5) is 5.95 Å². The molecule has 5 heteroatoms. The molecule has 0 bridgehead atoms. The van der Waals surface area contributed by atoms with Gasteiger partial charge < -0.3 is 5.73 Å². The zero-order valence-electron chi connectivity index (χ0n) is 11.0. The molecular weight excluding hydrogens is 256 g/mol. The second-order valence-corrected chi connectivity index (χ2v) is 5.55.